The lowest BCUT2D eigenvalue weighted by molar-refractivity contribution is 0.136. The molecule has 1 atom stereocenters. The van der Waals surface area contributed by atoms with Gasteiger partial charge in [-0.05, 0) is 49.2 Å². The third-order valence-corrected chi connectivity index (χ3v) is 5.98. The van der Waals surface area contributed by atoms with Crippen LogP contribution in [0.3, 0.4) is 0 Å². The molecule has 1 N–H and O–H groups in total. The van der Waals surface area contributed by atoms with Crippen LogP contribution in [-0.2, 0) is 11.3 Å². The van der Waals surface area contributed by atoms with Crippen LogP contribution in [0, 0.1) is 6.92 Å². The number of anilines is 1. The van der Waals surface area contributed by atoms with E-state index in [-0.39, 0.29) is 11.6 Å². The number of fused-ring (bicyclic) bond motifs is 1. The summed E-state index contributed by atoms with van der Waals surface area (Å²) in [7, 11) is 1.60. The number of hydrogen-bond acceptors (Lipinski definition) is 4. The fraction of sp³-hybridized carbons (Fsp3) is 0.250. The summed E-state index contributed by atoms with van der Waals surface area (Å²) in [5.74, 6) is 0.521. The molecular formula is C28H30N4O3. The fourth-order valence-electron chi connectivity index (χ4n) is 4.14. The molecule has 1 aromatic heterocycles. The molecule has 0 spiro atoms. The summed E-state index contributed by atoms with van der Waals surface area (Å²) in [6.45, 7) is 4.91. The monoisotopic (exact) mass is 470 g/mol. The van der Waals surface area contributed by atoms with Crippen molar-refractivity contribution in [3.05, 3.63) is 106 Å². The van der Waals surface area contributed by atoms with Gasteiger partial charge >= 0.3 is 6.03 Å². The van der Waals surface area contributed by atoms with Crippen LogP contribution in [0.15, 0.2) is 83.7 Å². The van der Waals surface area contributed by atoms with Crippen LogP contribution in [0.1, 0.15) is 29.9 Å². The second kappa shape index (κ2) is 11.0. The standard InChI is InChI=1S/C28H30N4O3/c1-20-10-9-13-23(18-20)29-28(34)31(16-17-35-3)21(2)26-30-25-15-8-7-14-24(25)27(33)32(26)19-22-11-5-4-6-12-22/h4-15,18,21H,16-17,19H2,1-3H3,(H,29,34). The number of para-hydroxylation sites is 1. The van der Waals surface area contributed by atoms with Gasteiger partial charge in [-0.25, -0.2) is 9.78 Å². The summed E-state index contributed by atoms with van der Waals surface area (Å²) in [6.07, 6.45) is 0. The van der Waals surface area contributed by atoms with E-state index in [0.29, 0.717) is 42.1 Å². The first-order valence-corrected chi connectivity index (χ1v) is 11.6. The van der Waals surface area contributed by atoms with Crippen molar-refractivity contribution < 1.29 is 9.53 Å². The van der Waals surface area contributed by atoms with Crippen molar-refractivity contribution in [3.63, 3.8) is 0 Å². The zero-order chi connectivity index (χ0) is 24.8. The minimum atomic E-state index is -0.490. The van der Waals surface area contributed by atoms with Crippen LogP contribution < -0.4 is 10.9 Å². The predicted molar refractivity (Wildman–Crippen MR) is 139 cm³/mol. The Kier molecular flexibility index (Phi) is 7.57. The van der Waals surface area contributed by atoms with Gasteiger partial charge in [0.2, 0.25) is 0 Å². The van der Waals surface area contributed by atoms with E-state index < -0.39 is 6.04 Å². The number of hydrogen-bond donors (Lipinski definition) is 1. The van der Waals surface area contributed by atoms with E-state index in [2.05, 4.69) is 5.32 Å². The molecule has 0 saturated carbocycles. The molecule has 4 rings (SSSR count). The lowest BCUT2D eigenvalue weighted by Gasteiger charge is -2.30. The van der Waals surface area contributed by atoms with Gasteiger partial charge in [0, 0.05) is 19.3 Å². The van der Waals surface area contributed by atoms with Crippen molar-refractivity contribution in [1.82, 2.24) is 14.5 Å². The number of aryl methyl sites for hydroxylation is 1. The Labute approximate surface area is 205 Å². The topological polar surface area (TPSA) is 76.5 Å². The van der Waals surface area contributed by atoms with E-state index in [1.54, 1.807) is 22.6 Å². The van der Waals surface area contributed by atoms with Gasteiger partial charge in [0.25, 0.3) is 5.56 Å². The summed E-state index contributed by atoms with van der Waals surface area (Å²) in [4.78, 5) is 33.5. The molecule has 7 heteroatoms. The Balaban J connectivity index is 1.76. The molecule has 1 heterocycles. The molecule has 0 aliphatic heterocycles. The van der Waals surface area contributed by atoms with Crippen molar-refractivity contribution in [2.75, 3.05) is 25.6 Å². The molecule has 0 radical (unpaired) electrons. The number of rotatable bonds is 8. The highest BCUT2D eigenvalue weighted by molar-refractivity contribution is 5.89. The third-order valence-electron chi connectivity index (χ3n) is 5.98. The minimum absolute atomic E-state index is 0.132. The summed E-state index contributed by atoms with van der Waals surface area (Å²) >= 11 is 0. The number of carbonyl (C=O) groups is 1. The number of carbonyl (C=O) groups excluding carboxylic acids is 1. The van der Waals surface area contributed by atoms with E-state index in [0.717, 1.165) is 11.1 Å². The Morgan fingerprint density at radius 2 is 1.80 bits per heavy atom. The van der Waals surface area contributed by atoms with Gasteiger partial charge in [-0.2, -0.15) is 0 Å². The maximum atomic E-state index is 13.6. The van der Waals surface area contributed by atoms with Gasteiger partial charge < -0.3 is 15.0 Å². The molecule has 0 aliphatic rings. The van der Waals surface area contributed by atoms with Crippen molar-refractivity contribution >= 4 is 22.6 Å². The normalized spacial score (nSPS) is 11.9. The average Bonchev–Trinajstić information content (AvgIpc) is 2.86. The quantitative estimate of drug-likeness (QED) is 0.393. The van der Waals surface area contributed by atoms with Gasteiger partial charge in [-0.3, -0.25) is 9.36 Å². The van der Waals surface area contributed by atoms with Crippen LogP contribution in [0.4, 0.5) is 10.5 Å². The summed E-state index contributed by atoms with van der Waals surface area (Å²) in [6, 6.07) is 23.9. The molecule has 4 aromatic rings. The smallest absolute Gasteiger partial charge is 0.322 e. The first-order valence-electron chi connectivity index (χ1n) is 11.6. The average molecular weight is 471 g/mol. The highest BCUT2D eigenvalue weighted by Crippen LogP contribution is 2.22. The molecule has 0 saturated heterocycles. The summed E-state index contributed by atoms with van der Waals surface area (Å²) < 4.78 is 6.96. The van der Waals surface area contributed by atoms with E-state index in [4.69, 9.17) is 9.72 Å². The Morgan fingerprint density at radius 1 is 1.06 bits per heavy atom. The molecule has 0 aliphatic carbocycles. The van der Waals surface area contributed by atoms with Crippen molar-refractivity contribution in [3.8, 4) is 0 Å². The van der Waals surface area contributed by atoms with Crippen LogP contribution in [0.25, 0.3) is 10.9 Å². The number of methoxy groups -OCH3 is 1. The van der Waals surface area contributed by atoms with Gasteiger partial charge in [0.15, 0.2) is 0 Å². The van der Waals surface area contributed by atoms with E-state index in [1.165, 1.54) is 0 Å². The zero-order valence-electron chi connectivity index (χ0n) is 20.3. The van der Waals surface area contributed by atoms with Crippen molar-refractivity contribution in [1.29, 1.82) is 0 Å². The van der Waals surface area contributed by atoms with Gasteiger partial charge in [0.05, 0.1) is 30.1 Å². The number of nitrogens with one attached hydrogen (secondary N) is 1. The highest BCUT2D eigenvalue weighted by Gasteiger charge is 2.26. The Morgan fingerprint density at radius 3 is 2.54 bits per heavy atom. The lowest BCUT2D eigenvalue weighted by atomic mass is 10.1. The van der Waals surface area contributed by atoms with Gasteiger partial charge in [-0.15, -0.1) is 0 Å². The third kappa shape index (κ3) is 5.58. The molecule has 2 amide bonds. The van der Waals surface area contributed by atoms with Crippen LogP contribution in [0.5, 0.6) is 0 Å². The second-order valence-electron chi connectivity index (χ2n) is 8.53. The highest BCUT2D eigenvalue weighted by atomic mass is 16.5. The first kappa shape index (κ1) is 24.2. The fourth-order valence-corrected chi connectivity index (χ4v) is 4.14. The molecular weight excluding hydrogens is 440 g/mol. The Bertz CT molecular complexity index is 1370. The largest absolute Gasteiger partial charge is 0.383 e. The van der Waals surface area contributed by atoms with Crippen LogP contribution >= 0.6 is 0 Å². The maximum Gasteiger partial charge on any atom is 0.322 e. The molecule has 0 bridgehead atoms. The molecule has 0 fully saturated rings. The number of nitrogens with zero attached hydrogens (tertiary/aromatic N) is 3. The summed E-state index contributed by atoms with van der Waals surface area (Å²) in [5, 5.41) is 3.53. The van der Waals surface area contributed by atoms with Gasteiger partial charge in [-0.1, -0.05) is 54.6 Å². The first-order chi connectivity index (χ1) is 17.0. The van der Waals surface area contributed by atoms with E-state index >= 15 is 0 Å². The molecule has 180 valence electrons. The van der Waals surface area contributed by atoms with Crippen molar-refractivity contribution in [2.45, 2.75) is 26.4 Å². The zero-order valence-corrected chi connectivity index (χ0v) is 20.3. The second-order valence-corrected chi connectivity index (χ2v) is 8.53. The SMILES string of the molecule is COCCN(C(=O)Nc1cccc(C)c1)C(C)c1nc2ccccc2c(=O)n1Cc1ccccc1. The Hall–Kier alpha value is -3.97. The van der Waals surface area contributed by atoms with E-state index in [1.807, 2.05) is 86.6 Å². The number of aromatic nitrogens is 2. The summed E-state index contributed by atoms with van der Waals surface area (Å²) in [5.41, 5.74) is 3.21. The number of urea groups is 1. The van der Waals surface area contributed by atoms with Gasteiger partial charge in [0.1, 0.15) is 5.82 Å². The van der Waals surface area contributed by atoms with E-state index in [9.17, 15) is 9.59 Å². The molecule has 3 aromatic carbocycles. The number of ether oxygens (including phenoxy) is 1. The number of benzene rings is 3. The number of amides is 2. The van der Waals surface area contributed by atoms with Crippen LogP contribution in [0.2, 0.25) is 0 Å². The molecule has 7 nitrogen and oxygen atoms in total. The maximum absolute atomic E-state index is 13.6. The molecule has 1 unspecified atom stereocenters. The minimum Gasteiger partial charge on any atom is -0.383 e. The molecule has 35 heavy (non-hydrogen) atoms. The predicted octanol–water partition coefficient (Wildman–Crippen LogP) is 4.99. The van der Waals surface area contributed by atoms with Crippen LogP contribution in [-0.4, -0.2) is 40.7 Å². The lowest BCUT2D eigenvalue weighted by Crippen LogP contribution is -2.41. The van der Waals surface area contributed by atoms with Crippen molar-refractivity contribution in [2.24, 2.45) is 0 Å².